The Bertz CT molecular complexity index is 33.1. The van der Waals surface area contributed by atoms with Crippen LogP contribution in [0.25, 0.3) is 0 Å². The van der Waals surface area contributed by atoms with E-state index < -0.39 is 0 Å². The van der Waals surface area contributed by atoms with E-state index in [1.165, 1.54) is 0 Å². The molecule has 0 aliphatic heterocycles. The second-order valence-corrected chi connectivity index (χ2v) is 2.12. The van der Waals surface area contributed by atoms with Crippen LogP contribution in [0.4, 0.5) is 0 Å². The monoisotopic (exact) mass is 266 g/mol. The Morgan fingerprint density at radius 3 is 1.09 bits per heavy atom. The molecule has 11 heavy (non-hydrogen) atoms. The molecule has 0 unspecified atom stereocenters. The van der Waals surface area contributed by atoms with Crippen LogP contribution in [-0.2, 0) is 0 Å². The third kappa shape index (κ3) is 36.6. The van der Waals surface area contributed by atoms with Crippen molar-refractivity contribution in [1.82, 2.24) is 0 Å². The van der Waals surface area contributed by atoms with E-state index in [4.69, 9.17) is 0 Å². The second kappa shape index (κ2) is 22.4. The largest absolute Gasteiger partial charge is 2.00 e. The van der Waals surface area contributed by atoms with E-state index in [0.717, 1.165) is 25.7 Å². The number of rotatable bonds is 4. The Morgan fingerprint density at radius 1 is 0.818 bits per heavy atom. The van der Waals surface area contributed by atoms with Gasteiger partial charge in [0.2, 0.25) is 0 Å². The molecule has 0 atom stereocenters. The molecule has 0 heterocycles. The minimum Gasteiger partial charge on any atom is -0.854 e. The van der Waals surface area contributed by atoms with Crippen LogP contribution in [0.15, 0.2) is 0 Å². The summed E-state index contributed by atoms with van der Waals surface area (Å²) in [7, 11) is 0. The first-order valence-corrected chi connectivity index (χ1v) is 3.99. The topological polar surface area (TPSA) is 46.1 Å². The number of unbranched alkanes of at least 4 members (excludes halogenated alkanes) is 2. The maximum absolute atomic E-state index is 9.53. The van der Waals surface area contributed by atoms with Crippen LogP contribution < -0.4 is 10.2 Å². The van der Waals surface area contributed by atoms with Gasteiger partial charge in [-0.05, 0) is 0 Å². The Hall–Kier alpha value is 0.719. The normalized spacial score (nSPS) is 7.64. The van der Waals surface area contributed by atoms with Crippen molar-refractivity contribution in [1.29, 1.82) is 0 Å². The van der Waals surface area contributed by atoms with E-state index in [-0.39, 0.29) is 37.1 Å². The molecule has 0 saturated heterocycles. The summed E-state index contributed by atoms with van der Waals surface area (Å²) >= 11 is 0. The molecule has 66 valence electrons. The van der Waals surface area contributed by atoms with E-state index in [0.29, 0.717) is 0 Å². The van der Waals surface area contributed by atoms with Gasteiger partial charge in [-0.3, -0.25) is 0 Å². The maximum atomic E-state index is 9.53. The fourth-order valence-corrected chi connectivity index (χ4v) is 0.289. The molecule has 0 aliphatic rings. The summed E-state index contributed by atoms with van der Waals surface area (Å²) < 4.78 is 0. The third-order valence-corrected chi connectivity index (χ3v) is 0.996. The van der Waals surface area contributed by atoms with Crippen molar-refractivity contribution in [3.63, 3.8) is 0 Å². The molecule has 0 aliphatic carbocycles. The van der Waals surface area contributed by atoms with Crippen molar-refractivity contribution < 1.29 is 10.2 Å². The molecule has 0 aromatic rings. The Morgan fingerprint density at radius 2 is 1.09 bits per heavy atom. The molecule has 0 saturated carbocycles. The van der Waals surface area contributed by atoms with Gasteiger partial charge in [-0.1, -0.05) is 39.5 Å². The molecular formula is C8H18O2Sn. The van der Waals surface area contributed by atoms with Crippen LogP contribution in [0.2, 0.25) is 0 Å². The van der Waals surface area contributed by atoms with Crippen LogP contribution in [0.3, 0.4) is 0 Å². The molecule has 0 aromatic carbocycles. The summed E-state index contributed by atoms with van der Waals surface area (Å²) in [6.45, 7) is 4.21. The molecule has 0 amide bonds. The Kier molecular flexibility index (Phi) is 36.1. The van der Waals surface area contributed by atoms with Gasteiger partial charge in [0.1, 0.15) is 0 Å². The quantitative estimate of drug-likeness (QED) is 0.667. The van der Waals surface area contributed by atoms with E-state index in [1.807, 2.05) is 13.8 Å². The molecule has 0 spiro atoms. The van der Waals surface area contributed by atoms with Crippen molar-refractivity contribution in [2.75, 3.05) is 13.2 Å². The minimum atomic E-state index is 0. The molecule has 0 rings (SSSR count). The first-order chi connectivity index (χ1) is 4.83. The maximum Gasteiger partial charge on any atom is 2.00 e. The van der Waals surface area contributed by atoms with Gasteiger partial charge in [0.15, 0.2) is 0 Å². The minimum absolute atomic E-state index is 0. The SMILES string of the molecule is CCCC[O-].CCCC[O-].[Sn+2]. The predicted molar refractivity (Wildman–Crippen MR) is 45.3 cm³/mol. The van der Waals surface area contributed by atoms with Gasteiger partial charge < -0.3 is 10.2 Å². The molecule has 3 heteroatoms. The molecule has 0 aromatic heterocycles. The summed E-state index contributed by atoms with van der Waals surface area (Å²) in [5.74, 6) is 0. The zero-order valence-corrected chi connectivity index (χ0v) is 10.4. The summed E-state index contributed by atoms with van der Waals surface area (Å²) in [4.78, 5) is 0. The van der Waals surface area contributed by atoms with Gasteiger partial charge in [0, 0.05) is 0 Å². The van der Waals surface area contributed by atoms with E-state index in [1.54, 1.807) is 0 Å². The van der Waals surface area contributed by atoms with Gasteiger partial charge in [-0.15, -0.1) is 13.2 Å². The molecule has 0 fully saturated rings. The molecule has 0 bridgehead atoms. The van der Waals surface area contributed by atoms with Crippen molar-refractivity contribution in [3.8, 4) is 0 Å². The van der Waals surface area contributed by atoms with Gasteiger partial charge in [-0.25, -0.2) is 0 Å². The average molecular weight is 265 g/mol. The molecule has 2 radical (unpaired) electrons. The Balaban J connectivity index is -0.000000107. The second-order valence-electron chi connectivity index (χ2n) is 2.12. The fraction of sp³-hybridized carbons (Fsp3) is 1.00. The fourth-order valence-electron chi connectivity index (χ4n) is 0.289. The molecule has 0 N–H and O–H groups in total. The zero-order chi connectivity index (χ0) is 8.24. The summed E-state index contributed by atoms with van der Waals surface area (Å²) in [6, 6.07) is 0. The number of hydrogen-bond acceptors (Lipinski definition) is 2. The van der Waals surface area contributed by atoms with Gasteiger partial charge in [0.25, 0.3) is 0 Å². The smallest absolute Gasteiger partial charge is 0.854 e. The number of hydrogen-bond donors (Lipinski definition) is 0. The molecular weight excluding hydrogens is 247 g/mol. The van der Waals surface area contributed by atoms with Gasteiger partial charge in [-0.2, -0.15) is 0 Å². The molecule has 2 nitrogen and oxygen atoms in total. The standard InChI is InChI=1S/2C4H9O.Sn/c2*1-2-3-4-5;/h2*2-4H2,1H3;/q2*-1;+2. The van der Waals surface area contributed by atoms with Crippen molar-refractivity contribution in [2.24, 2.45) is 0 Å². The first kappa shape index (κ1) is 17.7. The van der Waals surface area contributed by atoms with Gasteiger partial charge in [0.05, 0.1) is 0 Å². The third-order valence-electron chi connectivity index (χ3n) is 0.996. The van der Waals surface area contributed by atoms with Crippen molar-refractivity contribution in [3.05, 3.63) is 0 Å². The van der Waals surface area contributed by atoms with Crippen LogP contribution in [-0.4, -0.2) is 37.1 Å². The Labute approximate surface area is 87.0 Å². The van der Waals surface area contributed by atoms with Crippen molar-refractivity contribution in [2.45, 2.75) is 39.5 Å². The van der Waals surface area contributed by atoms with Crippen molar-refractivity contribution >= 4 is 23.9 Å². The zero-order valence-electron chi connectivity index (χ0n) is 7.56. The van der Waals surface area contributed by atoms with Crippen LogP contribution in [0, 0.1) is 0 Å². The van der Waals surface area contributed by atoms with Gasteiger partial charge >= 0.3 is 23.9 Å². The summed E-state index contributed by atoms with van der Waals surface area (Å²) in [6.07, 6.45) is 3.73. The summed E-state index contributed by atoms with van der Waals surface area (Å²) in [5, 5.41) is 19.1. The van der Waals surface area contributed by atoms with Crippen LogP contribution in [0.5, 0.6) is 0 Å². The average Bonchev–Trinajstić information content (AvgIpc) is 1.93. The van der Waals surface area contributed by atoms with E-state index in [2.05, 4.69) is 0 Å². The van der Waals surface area contributed by atoms with E-state index >= 15 is 0 Å². The predicted octanol–water partition coefficient (Wildman–Crippen LogP) is -0.0872. The van der Waals surface area contributed by atoms with Crippen LogP contribution >= 0.6 is 0 Å². The van der Waals surface area contributed by atoms with E-state index in [9.17, 15) is 10.2 Å². The summed E-state index contributed by atoms with van der Waals surface area (Å²) in [5.41, 5.74) is 0. The first-order valence-electron chi connectivity index (χ1n) is 3.99. The van der Waals surface area contributed by atoms with Crippen LogP contribution in [0.1, 0.15) is 39.5 Å².